The number of ketones is 1. The number of aliphatic hydroxyl groups excluding tert-OH is 2. The molecule has 14 rings (SSSR count). The molecule has 2 spiro atoms. The van der Waals surface area contributed by atoms with Crippen molar-refractivity contribution in [2.45, 2.75) is 295 Å². The first-order valence-corrected chi connectivity index (χ1v) is 29.0. The van der Waals surface area contributed by atoms with Crippen LogP contribution in [0.15, 0.2) is 24.3 Å². The molecule has 0 radical (unpaired) electrons. The Morgan fingerprint density at radius 2 is 1.34 bits per heavy atom. The fourth-order valence-electron chi connectivity index (χ4n) is 16.2. The minimum absolute atomic E-state index is 0.00458. The van der Waals surface area contributed by atoms with Gasteiger partial charge in [-0.2, -0.15) is 0 Å². The molecule has 0 aromatic carbocycles. The highest BCUT2D eigenvalue weighted by Crippen LogP contribution is 2.55. The van der Waals surface area contributed by atoms with Crippen LogP contribution in [0.2, 0.25) is 0 Å². The zero-order valence-corrected chi connectivity index (χ0v) is 43.7. The number of aliphatic hydroxyl groups is 2. The van der Waals surface area contributed by atoms with E-state index in [2.05, 4.69) is 27.0 Å². The molecule has 14 fully saturated rings. The van der Waals surface area contributed by atoms with Gasteiger partial charge in [-0.1, -0.05) is 33.9 Å². The van der Waals surface area contributed by atoms with E-state index in [4.69, 9.17) is 61.6 Å². The molecule has 0 aromatic rings. The van der Waals surface area contributed by atoms with Gasteiger partial charge >= 0.3 is 5.97 Å². The summed E-state index contributed by atoms with van der Waals surface area (Å²) >= 11 is 0. The Morgan fingerprint density at radius 3 is 2.20 bits per heavy atom. The number of rotatable bonds is 5. The van der Waals surface area contributed by atoms with Crippen molar-refractivity contribution in [3.05, 3.63) is 24.3 Å². The summed E-state index contributed by atoms with van der Waals surface area (Å²) in [5.74, 6) is -2.04. The lowest BCUT2D eigenvalue weighted by atomic mass is 9.79. The van der Waals surface area contributed by atoms with E-state index in [0.29, 0.717) is 38.5 Å². The quantitative estimate of drug-likeness (QED) is 0.248. The maximum Gasteiger partial charge on any atom is 0.308 e. The minimum Gasteiger partial charge on any atom is -0.459 e. The first-order chi connectivity index (χ1) is 35.7. The Balaban J connectivity index is 0.710. The Morgan fingerprint density at radius 1 is 0.581 bits per heavy atom. The van der Waals surface area contributed by atoms with E-state index in [-0.39, 0.29) is 135 Å². The van der Waals surface area contributed by atoms with E-state index in [1.54, 1.807) is 0 Å². The number of fused-ring (bicyclic) bond motifs is 8. The molecule has 27 atom stereocenters. The van der Waals surface area contributed by atoms with Crippen LogP contribution in [-0.2, 0) is 71.2 Å². The van der Waals surface area contributed by atoms with Gasteiger partial charge in [-0.15, -0.1) is 0 Å². The van der Waals surface area contributed by atoms with Crippen LogP contribution in [0.4, 0.5) is 0 Å². The summed E-state index contributed by atoms with van der Waals surface area (Å²) in [5.41, 5.74) is 2.10. The lowest BCUT2D eigenvalue weighted by Gasteiger charge is -2.52. The van der Waals surface area contributed by atoms with Crippen molar-refractivity contribution >= 4 is 11.8 Å². The van der Waals surface area contributed by atoms with Gasteiger partial charge in [0.15, 0.2) is 11.6 Å². The SMILES string of the molecule is C=C1CC2CC[C@@]34C[C@H]5OC6C(O3)[C@H]3O[C@H](CC[C@@H]3O[C@H]6C5O4)CC(=O)O[C@@H]3[C@@H](C)[C@@H]4O[C@H](CC(=O)CC5CCC[C@@]6(C[C@H](C)[C@@H]7O[C@H](CO)CC[C@@H]7O6)O5)[C@H](O)C[C@@H]4O[C@H]3C[C@H]3O[C@@H](CC[C@@H]1O2)C[C@@H](C)C3=C. The summed E-state index contributed by atoms with van der Waals surface area (Å²) < 4.78 is 87.7. The summed E-state index contributed by atoms with van der Waals surface area (Å²) in [6.45, 7) is 15.4. The molecule has 5 unspecified atom stereocenters. The number of ether oxygens (including phenoxy) is 13. The molecule has 12 bridgehead atoms. The third-order valence-electron chi connectivity index (χ3n) is 20.0. The second-order valence-electron chi connectivity index (χ2n) is 25.3. The molecule has 14 saturated heterocycles. The number of hydrogen-bond acceptors (Lipinski definition) is 17. The van der Waals surface area contributed by atoms with Gasteiger partial charge in [-0.05, 0) is 93.6 Å². The highest BCUT2D eigenvalue weighted by Gasteiger charge is 2.69. The molecule has 17 heteroatoms. The van der Waals surface area contributed by atoms with Gasteiger partial charge in [0.1, 0.15) is 42.4 Å². The molecule has 0 saturated carbocycles. The average molecular weight is 1040 g/mol. The summed E-state index contributed by atoms with van der Waals surface area (Å²) in [6, 6.07) is 0. The van der Waals surface area contributed by atoms with Crippen LogP contribution in [0, 0.1) is 17.8 Å². The molecule has 0 aliphatic carbocycles. The number of hydrogen-bond donors (Lipinski definition) is 2. The fraction of sp³-hybridized carbons (Fsp3) is 0.895. The lowest BCUT2D eigenvalue weighted by Crippen LogP contribution is -2.62. The van der Waals surface area contributed by atoms with Gasteiger partial charge in [0.2, 0.25) is 0 Å². The van der Waals surface area contributed by atoms with Crippen LogP contribution >= 0.6 is 0 Å². The van der Waals surface area contributed by atoms with Crippen molar-refractivity contribution in [3.8, 4) is 0 Å². The van der Waals surface area contributed by atoms with E-state index in [1.165, 1.54) is 0 Å². The third kappa shape index (κ3) is 9.65. The molecule has 14 aliphatic heterocycles. The van der Waals surface area contributed by atoms with E-state index in [1.807, 2.05) is 6.92 Å². The van der Waals surface area contributed by atoms with Crippen LogP contribution in [-0.4, -0.2) is 174 Å². The van der Waals surface area contributed by atoms with E-state index in [0.717, 1.165) is 75.4 Å². The molecule has 0 amide bonds. The lowest BCUT2D eigenvalue weighted by molar-refractivity contribution is -0.353. The topological polar surface area (TPSA) is 195 Å². The van der Waals surface area contributed by atoms with Crippen LogP contribution in [0.5, 0.6) is 0 Å². The van der Waals surface area contributed by atoms with Crippen molar-refractivity contribution in [3.63, 3.8) is 0 Å². The van der Waals surface area contributed by atoms with Gasteiger partial charge in [0, 0.05) is 57.3 Å². The van der Waals surface area contributed by atoms with Gasteiger partial charge in [-0.25, -0.2) is 0 Å². The molecule has 412 valence electrons. The highest BCUT2D eigenvalue weighted by atomic mass is 16.8. The Kier molecular flexibility index (Phi) is 14.1. The van der Waals surface area contributed by atoms with E-state index < -0.39 is 72.5 Å². The Hall–Kier alpha value is -1.94. The second-order valence-corrected chi connectivity index (χ2v) is 25.3. The molecular weight excluding hydrogens is 957 g/mol. The zero-order chi connectivity index (χ0) is 50.8. The fourth-order valence-corrected chi connectivity index (χ4v) is 16.2. The monoisotopic (exact) mass is 1040 g/mol. The minimum atomic E-state index is -0.950. The first kappa shape index (κ1) is 51.5. The molecule has 0 aromatic heterocycles. The number of carbonyl (C=O) groups excluding carboxylic acids is 2. The predicted octanol–water partition coefficient (Wildman–Crippen LogP) is 5.78. The summed E-state index contributed by atoms with van der Waals surface area (Å²) in [5, 5.41) is 21.5. The van der Waals surface area contributed by atoms with Gasteiger partial charge in [0.05, 0.1) is 111 Å². The molecule has 2 N–H and O–H groups in total. The Labute approximate surface area is 435 Å². The predicted molar refractivity (Wildman–Crippen MR) is 260 cm³/mol. The van der Waals surface area contributed by atoms with Crippen molar-refractivity contribution in [2.75, 3.05) is 6.61 Å². The normalized spacial score (nSPS) is 54.1. The van der Waals surface area contributed by atoms with Crippen LogP contribution in [0.1, 0.15) is 149 Å². The largest absolute Gasteiger partial charge is 0.459 e. The number of Topliss-reactive ketones (excluding diaryl/α,β-unsaturated/α-hetero) is 1. The van der Waals surface area contributed by atoms with Crippen molar-refractivity contribution in [1.29, 1.82) is 0 Å². The highest BCUT2D eigenvalue weighted by molar-refractivity contribution is 5.79. The van der Waals surface area contributed by atoms with Crippen LogP contribution in [0.3, 0.4) is 0 Å². The van der Waals surface area contributed by atoms with Gasteiger partial charge < -0.3 is 71.8 Å². The molecule has 17 nitrogen and oxygen atoms in total. The number of carbonyl (C=O) groups is 2. The van der Waals surface area contributed by atoms with Crippen molar-refractivity contribution in [2.24, 2.45) is 17.8 Å². The smallest absolute Gasteiger partial charge is 0.308 e. The Bertz CT molecular complexity index is 2120. The van der Waals surface area contributed by atoms with Crippen molar-refractivity contribution < 1.29 is 81.4 Å². The molecular formula is C57H82O17. The number of esters is 1. The van der Waals surface area contributed by atoms with Crippen LogP contribution < -0.4 is 0 Å². The summed E-state index contributed by atoms with van der Waals surface area (Å²) in [7, 11) is 0. The summed E-state index contributed by atoms with van der Waals surface area (Å²) in [4.78, 5) is 28.5. The van der Waals surface area contributed by atoms with E-state index >= 15 is 0 Å². The van der Waals surface area contributed by atoms with Gasteiger partial charge in [0.25, 0.3) is 0 Å². The maximum absolute atomic E-state index is 14.4. The standard InChI is InChI=1S/C57H82O17/c1-27-17-33-8-11-39-28(2)18-35(62-39)14-16-57-25-46-52(73-57)53-54(69-46)55(74-57)51-40(67-53)12-9-34(64-51)21-47(61)70-50-31(5)49-44(66-45(50)23-42(63-33)30(27)4)22-38(60)43(68-49)20-32(59)19-36-7-6-15-56(71-36)24-29(3)48-41(72-56)13-10-37(26-58)65-48/h27,29,31,33-46,48-55,58,60H,2,4,6-26H2,1,3,5H3/t27-,29+,31+,33+,34-,35?,36?,37+,38-,39+,40+,41+,42-,43-,44+,45+,46-,48+,49+,50-,51+,52?,53+,54?,55?,56-,57+/m1/s1. The first-order valence-electron chi connectivity index (χ1n) is 29.0. The average Bonchev–Trinajstić information content (AvgIpc) is 3.98. The second kappa shape index (κ2) is 20.3. The maximum atomic E-state index is 14.4. The molecule has 14 aliphatic rings. The zero-order valence-electron chi connectivity index (χ0n) is 43.7. The molecule has 74 heavy (non-hydrogen) atoms. The summed E-state index contributed by atoms with van der Waals surface area (Å²) in [6.07, 6.45) is 4.41. The van der Waals surface area contributed by atoms with Gasteiger partial charge in [-0.3, -0.25) is 9.59 Å². The van der Waals surface area contributed by atoms with Crippen LogP contribution in [0.25, 0.3) is 0 Å². The molecule has 14 heterocycles. The van der Waals surface area contributed by atoms with Crippen molar-refractivity contribution in [1.82, 2.24) is 0 Å². The third-order valence-corrected chi connectivity index (χ3v) is 20.0. The van der Waals surface area contributed by atoms with E-state index in [9.17, 15) is 19.8 Å².